The van der Waals surface area contributed by atoms with Gasteiger partial charge >= 0.3 is 0 Å². The zero-order valence-corrected chi connectivity index (χ0v) is 20.5. The van der Waals surface area contributed by atoms with Crippen LogP contribution in [0.3, 0.4) is 0 Å². The van der Waals surface area contributed by atoms with Gasteiger partial charge in [-0.25, -0.2) is 0 Å². The Labute approximate surface area is 186 Å². The molecule has 0 unspecified atom stereocenters. The van der Waals surface area contributed by atoms with Gasteiger partial charge in [0.05, 0.1) is 0 Å². The second-order valence-electron chi connectivity index (χ2n) is 7.05. The zero-order valence-electron chi connectivity index (χ0n) is 17.3. The van der Waals surface area contributed by atoms with Gasteiger partial charge in [0.2, 0.25) is 0 Å². The summed E-state index contributed by atoms with van der Waals surface area (Å²) in [4.78, 5) is 5.29. The predicted octanol–water partition coefficient (Wildman–Crippen LogP) is 8.83. The van der Waals surface area contributed by atoms with Crippen molar-refractivity contribution in [1.29, 1.82) is 0 Å². The topological polar surface area (TPSA) is 0 Å². The second-order valence-corrected chi connectivity index (χ2v) is 11.1. The van der Waals surface area contributed by atoms with E-state index in [2.05, 4.69) is 88.7 Å². The molecule has 0 saturated heterocycles. The van der Waals surface area contributed by atoms with Gasteiger partial charge in [0, 0.05) is 19.6 Å². The maximum absolute atomic E-state index is 2.33. The molecular weight excluding hydrogens is 417 g/mol. The summed E-state index contributed by atoms with van der Waals surface area (Å²) in [7, 11) is 3.72. The van der Waals surface area contributed by atoms with Gasteiger partial charge in [0.1, 0.15) is 0 Å². The monoisotopic (exact) mass is 442 g/mol. The van der Waals surface area contributed by atoms with E-state index in [1.165, 1.54) is 53.0 Å². The van der Waals surface area contributed by atoms with Gasteiger partial charge in [0.15, 0.2) is 0 Å². The largest absolute Gasteiger partial charge is 0.130 e. The van der Waals surface area contributed by atoms with E-state index in [1.54, 1.807) is 0 Å². The molecule has 0 spiro atoms. The van der Waals surface area contributed by atoms with E-state index in [4.69, 9.17) is 0 Å². The van der Waals surface area contributed by atoms with Crippen LogP contribution in [0.5, 0.6) is 0 Å². The Morgan fingerprint density at radius 1 is 0.536 bits per heavy atom. The third-order valence-corrected chi connectivity index (χ3v) is 8.30. The molecule has 0 saturated carbocycles. The standard InChI is InChI=1S/C24H26S4/c1-15-7-16(2)10-22(9-15)27-28-23-11-17(3)8-18(4)24(23)19-12-20(25-5)14-21(13-19)26-6/h7-14H,1-6H3. The molecule has 0 aromatic heterocycles. The number of aryl methyl sites for hydroxylation is 4. The quantitative estimate of drug-likeness (QED) is 0.276. The number of thioether (sulfide) groups is 2. The van der Waals surface area contributed by atoms with Gasteiger partial charge in [-0.05, 0) is 110 Å². The summed E-state index contributed by atoms with van der Waals surface area (Å²) in [6.07, 6.45) is 4.30. The third-order valence-electron chi connectivity index (χ3n) is 4.51. The fourth-order valence-electron chi connectivity index (χ4n) is 3.39. The van der Waals surface area contributed by atoms with Gasteiger partial charge in [-0.1, -0.05) is 33.7 Å². The van der Waals surface area contributed by atoms with Crippen molar-refractivity contribution in [3.05, 3.63) is 70.8 Å². The summed E-state index contributed by atoms with van der Waals surface area (Å²) in [5.74, 6) is 0. The number of rotatable bonds is 6. The minimum atomic E-state index is 1.32. The fourth-order valence-corrected chi connectivity index (χ4v) is 6.94. The fraction of sp³-hybridized carbons (Fsp3) is 0.250. The Balaban J connectivity index is 2.03. The van der Waals surface area contributed by atoms with E-state index < -0.39 is 0 Å². The number of hydrogen-bond donors (Lipinski definition) is 0. The van der Waals surface area contributed by atoms with Crippen LogP contribution in [-0.2, 0) is 0 Å². The Hall–Kier alpha value is -0.940. The van der Waals surface area contributed by atoms with Crippen molar-refractivity contribution in [2.24, 2.45) is 0 Å². The highest BCUT2D eigenvalue weighted by atomic mass is 33.1. The van der Waals surface area contributed by atoms with Gasteiger partial charge < -0.3 is 0 Å². The van der Waals surface area contributed by atoms with Crippen LogP contribution in [-0.4, -0.2) is 12.5 Å². The molecule has 28 heavy (non-hydrogen) atoms. The lowest BCUT2D eigenvalue weighted by Crippen LogP contribution is -1.90. The summed E-state index contributed by atoms with van der Waals surface area (Å²) in [6.45, 7) is 8.76. The molecule has 0 heterocycles. The molecule has 0 fully saturated rings. The number of benzene rings is 3. The molecule has 0 N–H and O–H groups in total. The van der Waals surface area contributed by atoms with Gasteiger partial charge in [0.25, 0.3) is 0 Å². The first-order chi connectivity index (χ1) is 13.4. The van der Waals surface area contributed by atoms with Crippen LogP contribution in [0.4, 0.5) is 0 Å². The molecule has 0 radical (unpaired) electrons. The van der Waals surface area contributed by atoms with Crippen LogP contribution in [0, 0.1) is 27.7 Å². The van der Waals surface area contributed by atoms with Crippen molar-refractivity contribution < 1.29 is 0 Å². The van der Waals surface area contributed by atoms with Crippen molar-refractivity contribution >= 4 is 45.1 Å². The lowest BCUT2D eigenvalue weighted by molar-refractivity contribution is 1.27. The lowest BCUT2D eigenvalue weighted by Gasteiger charge is -2.16. The summed E-state index contributed by atoms with van der Waals surface area (Å²) < 4.78 is 0. The van der Waals surface area contributed by atoms with Crippen molar-refractivity contribution in [1.82, 2.24) is 0 Å². The predicted molar refractivity (Wildman–Crippen MR) is 133 cm³/mol. The van der Waals surface area contributed by atoms with Crippen molar-refractivity contribution in [3.8, 4) is 11.1 Å². The first-order valence-electron chi connectivity index (χ1n) is 9.17. The Morgan fingerprint density at radius 3 is 1.68 bits per heavy atom. The van der Waals surface area contributed by atoms with Gasteiger partial charge in [-0.2, -0.15) is 0 Å². The molecule has 0 bridgehead atoms. The highest BCUT2D eigenvalue weighted by Crippen LogP contribution is 2.45. The highest BCUT2D eigenvalue weighted by molar-refractivity contribution is 8.76. The molecule has 0 amide bonds. The van der Waals surface area contributed by atoms with Crippen LogP contribution in [0.1, 0.15) is 22.3 Å². The Kier molecular flexibility index (Phi) is 7.54. The van der Waals surface area contributed by atoms with Crippen molar-refractivity contribution in [2.75, 3.05) is 12.5 Å². The molecule has 0 aliphatic rings. The molecule has 3 aromatic carbocycles. The van der Waals surface area contributed by atoms with E-state index in [-0.39, 0.29) is 0 Å². The molecule has 0 nitrogen and oxygen atoms in total. The van der Waals surface area contributed by atoms with E-state index in [0.29, 0.717) is 0 Å². The normalized spacial score (nSPS) is 11.1. The maximum atomic E-state index is 2.33. The van der Waals surface area contributed by atoms with E-state index in [0.717, 1.165) is 0 Å². The summed E-state index contributed by atoms with van der Waals surface area (Å²) in [5.41, 5.74) is 7.97. The van der Waals surface area contributed by atoms with Crippen molar-refractivity contribution in [3.63, 3.8) is 0 Å². The Morgan fingerprint density at radius 2 is 1.11 bits per heavy atom. The van der Waals surface area contributed by atoms with Gasteiger partial charge in [-0.15, -0.1) is 23.5 Å². The average Bonchev–Trinajstić information content (AvgIpc) is 2.64. The third kappa shape index (κ3) is 5.35. The molecule has 3 aromatic rings. The zero-order chi connectivity index (χ0) is 20.3. The highest BCUT2D eigenvalue weighted by Gasteiger charge is 2.13. The average molecular weight is 443 g/mol. The Bertz CT molecular complexity index is 950. The lowest BCUT2D eigenvalue weighted by atomic mass is 9.98. The maximum Gasteiger partial charge on any atom is 0.0270 e. The first-order valence-corrected chi connectivity index (χ1v) is 13.8. The smallest absolute Gasteiger partial charge is 0.0270 e. The SMILES string of the molecule is CSc1cc(SC)cc(-c2c(C)cc(C)cc2SSc2cc(C)cc(C)c2)c1. The minimum absolute atomic E-state index is 1.32. The molecule has 0 atom stereocenters. The van der Waals surface area contributed by atoms with E-state index in [9.17, 15) is 0 Å². The molecule has 146 valence electrons. The first kappa shape index (κ1) is 21.8. The number of hydrogen-bond acceptors (Lipinski definition) is 4. The minimum Gasteiger partial charge on any atom is -0.130 e. The van der Waals surface area contributed by atoms with Crippen LogP contribution in [0.15, 0.2) is 68.1 Å². The molecule has 0 aliphatic carbocycles. The molecule has 4 heteroatoms. The molecule has 0 aliphatic heterocycles. The second kappa shape index (κ2) is 9.71. The molecule has 3 rings (SSSR count). The molecular formula is C24H26S4. The summed E-state index contributed by atoms with van der Waals surface area (Å²) in [6, 6.07) is 18.3. The van der Waals surface area contributed by atoms with E-state index in [1.807, 2.05) is 45.1 Å². The summed E-state index contributed by atoms with van der Waals surface area (Å²) >= 11 is 3.62. The summed E-state index contributed by atoms with van der Waals surface area (Å²) in [5, 5.41) is 0. The van der Waals surface area contributed by atoms with Crippen LogP contribution < -0.4 is 0 Å². The van der Waals surface area contributed by atoms with E-state index >= 15 is 0 Å². The van der Waals surface area contributed by atoms with Crippen LogP contribution in [0.2, 0.25) is 0 Å². The van der Waals surface area contributed by atoms with Crippen LogP contribution in [0.25, 0.3) is 11.1 Å². The van der Waals surface area contributed by atoms with Crippen LogP contribution >= 0.6 is 45.1 Å². The van der Waals surface area contributed by atoms with Gasteiger partial charge in [-0.3, -0.25) is 0 Å². The van der Waals surface area contributed by atoms with Crippen molar-refractivity contribution in [2.45, 2.75) is 47.3 Å².